The first-order valence-electron chi connectivity index (χ1n) is 9.28. The molecule has 2 aromatic rings. The molecular formula is C21H27N3O. The summed E-state index contributed by atoms with van der Waals surface area (Å²) in [6.07, 6.45) is 5.52. The van der Waals surface area contributed by atoms with E-state index in [9.17, 15) is 4.79 Å². The number of amides is 1. The van der Waals surface area contributed by atoms with Crippen molar-refractivity contribution < 1.29 is 4.79 Å². The topological polar surface area (TPSA) is 45.2 Å². The number of pyridine rings is 1. The number of nitrogens with zero attached hydrogens (tertiary/aromatic N) is 2. The highest BCUT2D eigenvalue weighted by Crippen LogP contribution is 2.19. The number of rotatable bonds is 6. The Morgan fingerprint density at radius 2 is 1.92 bits per heavy atom. The minimum atomic E-state index is -0.0458. The molecule has 0 spiro atoms. The van der Waals surface area contributed by atoms with Crippen molar-refractivity contribution in [1.29, 1.82) is 0 Å². The molecule has 0 aliphatic carbocycles. The average molecular weight is 337 g/mol. The van der Waals surface area contributed by atoms with E-state index in [1.165, 1.54) is 19.3 Å². The second-order valence-corrected chi connectivity index (χ2v) is 6.75. The average Bonchev–Trinajstić information content (AvgIpc) is 2.69. The number of aromatic nitrogens is 1. The molecule has 0 atom stereocenters. The zero-order valence-corrected chi connectivity index (χ0v) is 14.9. The number of hydrogen-bond acceptors (Lipinski definition) is 3. The molecule has 0 unspecified atom stereocenters. The van der Waals surface area contributed by atoms with E-state index in [4.69, 9.17) is 0 Å². The molecule has 1 N–H and O–H groups in total. The lowest BCUT2D eigenvalue weighted by molar-refractivity contribution is 0.0943. The van der Waals surface area contributed by atoms with Crippen LogP contribution >= 0.6 is 0 Å². The van der Waals surface area contributed by atoms with Crippen molar-refractivity contribution >= 4 is 5.91 Å². The molecule has 1 fully saturated rings. The van der Waals surface area contributed by atoms with Crippen molar-refractivity contribution in [3.63, 3.8) is 0 Å². The van der Waals surface area contributed by atoms with Crippen molar-refractivity contribution in [2.75, 3.05) is 26.2 Å². The lowest BCUT2D eigenvalue weighted by Gasteiger charge is -2.31. The zero-order chi connectivity index (χ0) is 17.5. The van der Waals surface area contributed by atoms with Gasteiger partial charge in [-0.2, -0.15) is 0 Å². The van der Waals surface area contributed by atoms with Crippen LogP contribution in [-0.2, 0) is 0 Å². The van der Waals surface area contributed by atoms with Gasteiger partial charge in [0, 0.05) is 24.8 Å². The van der Waals surface area contributed by atoms with Crippen LogP contribution < -0.4 is 5.32 Å². The number of piperidine rings is 1. The predicted octanol–water partition coefficient (Wildman–Crippen LogP) is 3.60. The van der Waals surface area contributed by atoms with E-state index in [0.717, 1.165) is 36.8 Å². The molecule has 4 heteroatoms. The molecule has 1 amide bonds. The Bertz CT molecular complexity index is 661. The summed E-state index contributed by atoms with van der Waals surface area (Å²) in [5.74, 6) is 0.843. The van der Waals surface area contributed by atoms with Gasteiger partial charge in [-0.15, -0.1) is 0 Å². The van der Waals surface area contributed by atoms with Gasteiger partial charge < -0.3 is 10.2 Å². The molecular weight excluding hydrogens is 310 g/mol. The third-order valence-electron chi connectivity index (χ3n) is 5.09. The number of likely N-dealkylation sites (tertiary alicyclic amines) is 1. The molecule has 1 saturated heterocycles. The van der Waals surface area contributed by atoms with Crippen LogP contribution in [0.15, 0.2) is 48.7 Å². The van der Waals surface area contributed by atoms with Gasteiger partial charge in [0.25, 0.3) is 5.91 Å². The van der Waals surface area contributed by atoms with Crippen LogP contribution in [-0.4, -0.2) is 42.0 Å². The van der Waals surface area contributed by atoms with Crippen LogP contribution in [0.25, 0.3) is 11.3 Å². The standard InChI is InChI=1S/C21H27N3O/c1-2-17-10-13-24(14-11-17)15-12-22-21(25)19-8-9-20(23-16-19)18-6-4-3-5-7-18/h3-9,16-17H,2,10-15H2,1H3,(H,22,25). The van der Waals surface area contributed by atoms with Gasteiger partial charge in [0.2, 0.25) is 0 Å². The van der Waals surface area contributed by atoms with E-state index in [1.807, 2.05) is 42.5 Å². The second kappa shape index (κ2) is 8.77. The third kappa shape index (κ3) is 4.89. The van der Waals surface area contributed by atoms with Crippen LogP contribution in [0.3, 0.4) is 0 Å². The van der Waals surface area contributed by atoms with Gasteiger partial charge in [0.1, 0.15) is 0 Å². The SMILES string of the molecule is CCC1CCN(CCNC(=O)c2ccc(-c3ccccc3)nc2)CC1. The van der Waals surface area contributed by atoms with E-state index in [-0.39, 0.29) is 5.91 Å². The van der Waals surface area contributed by atoms with Gasteiger partial charge in [0.05, 0.1) is 11.3 Å². The second-order valence-electron chi connectivity index (χ2n) is 6.75. The summed E-state index contributed by atoms with van der Waals surface area (Å²) in [7, 11) is 0. The highest BCUT2D eigenvalue weighted by Gasteiger charge is 2.17. The first-order valence-corrected chi connectivity index (χ1v) is 9.28. The Morgan fingerprint density at radius 1 is 1.16 bits per heavy atom. The Labute approximate surface area is 150 Å². The van der Waals surface area contributed by atoms with Crippen LogP contribution in [0.2, 0.25) is 0 Å². The van der Waals surface area contributed by atoms with E-state index < -0.39 is 0 Å². The first-order chi connectivity index (χ1) is 12.3. The number of hydrogen-bond donors (Lipinski definition) is 1. The van der Waals surface area contributed by atoms with Crippen LogP contribution in [0, 0.1) is 5.92 Å². The van der Waals surface area contributed by atoms with Gasteiger partial charge in [-0.3, -0.25) is 9.78 Å². The summed E-state index contributed by atoms with van der Waals surface area (Å²) < 4.78 is 0. The normalized spacial score (nSPS) is 15.9. The van der Waals surface area contributed by atoms with Gasteiger partial charge in [-0.1, -0.05) is 43.7 Å². The van der Waals surface area contributed by atoms with E-state index >= 15 is 0 Å². The van der Waals surface area contributed by atoms with E-state index in [0.29, 0.717) is 12.1 Å². The van der Waals surface area contributed by atoms with E-state index in [2.05, 4.69) is 22.1 Å². The Balaban J connectivity index is 1.45. The summed E-state index contributed by atoms with van der Waals surface area (Å²) in [6, 6.07) is 13.7. The molecule has 1 aromatic heterocycles. The predicted molar refractivity (Wildman–Crippen MR) is 101 cm³/mol. The molecule has 0 radical (unpaired) electrons. The largest absolute Gasteiger partial charge is 0.351 e. The first kappa shape index (κ1) is 17.6. The highest BCUT2D eigenvalue weighted by molar-refractivity contribution is 5.94. The summed E-state index contributed by atoms with van der Waals surface area (Å²) in [5.41, 5.74) is 2.56. The molecule has 1 aromatic carbocycles. The number of nitrogens with one attached hydrogen (secondary N) is 1. The fourth-order valence-electron chi connectivity index (χ4n) is 3.36. The number of benzene rings is 1. The van der Waals surface area contributed by atoms with Crippen molar-refractivity contribution in [1.82, 2.24) is 15.2 Å². The Hall–Kier alpha value is -2.20. The van der Waals surface area contributed by atoms with E-state index in [1.54, 1.807) is 6.20 Å². The van der Waals surface area contributed by atoms with Gasteiger partial charge in [-0.25, -0.2) is 0 Å². The zero-order valence-electron chi connectivity index (χ0n) is 14.9. The summed E-state index contributed by atoms with van der Waals surface area (Å²) in [6.45, 7) is 6.20. The summed E-state index contributed by atoms with van der Waals surface area (Å²) in [4.78, 5) is 19.1. The quantitative estimate of drug-likeness (QED) is 0.876. The molecule has 25 heavy (non-hydrogen) atoms. The maximum atomic E-state index is 12.3. The fourth-order valence-corrected chi connectivity index (χ4v) is 3.36. The monoisotopic (exact) mass is 337 g/mol. The van der Waals surface area contributed by atoms with Crippen molar-refractivity contribution in [2.24, 2.45) is 5.92 Å². The fraction of sp³-hybridized carbons (Fsp3) is 0.429. The molecule has 4 nitrogen and oxygen atoms in total. The van der Waals surface area contributed by atoms with Crippen LogP contribution in [0.5, 0.6) is 0 Å². The molecule has 1 aliphatic heterocycles. The molecule has 0 saturated carbocycles. The number of carbonyl (C=O) groups is 1. The minimum absolute atomic E-state index is 0.0458. The maximum absolute atomic E-state index is 12.3. The van der Waals surface area contributed by atoms with Crippen molar-refractivity contribution in [3.05, 3.63) is 54.2 Å². The molecule has 2 heterocycles. The summed E-state index contributed by atoms with van der Waals surface area (Å²) >= 11 is 0. The van der Waals surface area contributed by atoms with Gasteiger partial charge in [0.15, 0.2) is 0 Å². The molecule has 0 bridgehead atoms. The lowest BCUT2D eigenvalue weighted by atomic mass is 9.94. The maximum Gasteiger partial charge on any atom is 0.252 e. The van der Waals surface area contributed by atoms with Gasteiger partial charge >= 0.3 is 0 Å². The molecule has 3 rings (SSSR count). The molecule has 1 aliphatic rings. The van der Waals surface area contributed by atoms with Gasteiger partial charge in [-0.05, 0) is 44.0 Å². The highest BCUT2D eigenvalue weighted by atomic mass is 16.1. The van der Waals surface area contributed by atoms with Crippen molar-refractivity contribution in [2.45, 2.75) is 26.2 Å². The Kier molecular flexibility index (Phi) is 6.18. The smallest absolute Gasteiger partial charge is 0.252 e. The molecule has 132 valence electrons. The van der Waals surface area contributed by atoms with Crippen LogP contribution in [0.1, 0.15) is 36.5 Å². The number of carbonyl (C=O) groups excluding carboxylic acids is 1. The minimum Gasteiger partial charge on any atom is -0.351 e. The Morgan fingerprint density at radius 3 is 2.56 bits per heavy atom. The third-order valence-corrected chi connectivity index (χ3v) is 5.09. The summed E-state index contributed by atoms with van der Waals surface area (Å²) in [5, 5.41) is 3.01. The lowest BCUT2D eigenvalue weighted by Crippen LogP contribution is -2.39. The van der Waals surface area contributed by atoms with Crippen molar-refractivity contribution in [3.8, 4) is 11.3 Å². The van der Waals surface area contributed by atoms with Crippen LogP contribution in [0.4, 0.5) is 0 Å².